The molecule has 0 fully saturated rings. The van der Waals surface area contributed by atoms with Crippen LogP contribution in [-0.2, 0) is 6.54 Å². The van der Waals surface area contributed by atoms with Gasteiger partial charge < -0.3 is 10.6 Å². The van der Waals surface area contributed by atoms with Crippen molar-refractivity contribution in [3.8, 4) is 5.69 Å². The lowest BCUT2D eigenvalue weighted by molar-refractivity contribution is 0.518. The highest BCUT2D eigenvalue weighted by Gasteiger charge is 2.29. The molecular weight excluding hydrogens is 412 g/mol. The van der Waals surface area contributed by atoms with Crippen LogP contribution in [0.1, 0.15) is 51.8 Å². The molecule has 1 aliphatic rings. The van der Waals surface area contributed by atoms with Gasteiger partial charge in [-0.3, -0.25) is 9.98 Å². The number of nitrogens with one attached hydrogen (secondary N) is 1. The van der Waals surface area contributed by atoms with Crippen LogP contribution in [0.15, 0.2) is 29.1 Å². The van der Waals surface area contributed by atoms with Crippen LogP contribution in [0.3, 0.4) is 0 Å². The van der Waals surface area contributed by atoms with Crippen molar-refractivity contribution in [2.24, 2.45) is 5.73 Å². The van der Waals surface area contributed by atoms with Crippen molar-refractivity contribution in [2.75, 3.05) is 11.4 Å². The summed E-state index contributed by atoms with van der Waals surface area (Å²) >= 11 is 6.49. The summed E-state index contributed by atoms with van der Waals surface area (Å²) < 4.78 is 3.37. The van der Waals surface area contributed by atoms with Crippen LogP contribution in [0.4, 0.5) is 5.69 Å². The monoisotopic (exact) mass is 442 g/mol. The zero-order valence-electron chi connectivity index (χ0n) is 18.9. The number of aryl methyl sites for hydroxylation is 1. The average molecular weight is 443 g/mol. The lowest BCUT2D eigenvalue weighted by Crippen LogP contribution is -2.41. The second-order valence-corrected chi connectivity index (χ2v) is 7.88. The first kappa shape index (κ1) is 22.9. The van der Waals surface area contributed by atoms with Crippen molar-refractivity contribution >= 4 is 34.3 Å². The van der Waals surface area contributed by atoms with Gasteiger partial charge in [-0.05, 0) is 44.0 Å². The minimum atomic E-state index is -0.152. The number of imidazole rings is 1. The Morgan fingerprint density at radius 2 is 1.87 bits per heavy atom. The smallest absolute Gasteiger partial charge is 0.335 e. The molecule has 0 atom stereocenters. The van der Waals surface area contributed by atoms with Gasteiger partial charge in [-0.2, -0.15) is 0 Å². The lowest BCUT2D eigenvalue weighted by Gasteiger charge is -2.36. The zero-order valence-corrected chi connectivity index (χ0v) is 19.6. The van der Waals surface area contributed by atoms with Crippen LogP contribution in [0.2, 0.25) is 5.02 Å². The number of amidine groups is 1. The maximum Gasteiger partial charge on any atom is 0.335 e. The molecule has 3 N–H and O–H groups in total. The van der Waals surface area contributed by atoms with E-state index >= 15 is 0 Å². The molecule has 0 bridgehead atoms. The molecule has 0 spiro atoms. The molecule has 2 aromatic heterocycles. The van der Waals surface area contributed by atoms with Gasteiger partial charge in [-0.15, -0.1) is 0 Å². The zero-order chi connectivity index (χ0) is 22.9. The summed E-state index contributed by atoms with van der Waals surface area (Å²) in [5.74, 6) is -0.0665. The van der Waals surface area contributed by atoms with Gasteiger partial charge in [-0.25, -0.2) is 14.3 Å². The van der Waals surface area contributed by atoms with Gasteiger partial charge >= 0.3 is 5.69 Å². The molecule has 3 heterocycles. The Morgan fingerprint density at radius 1 is 1.19 bits per heavy atom. The Bertz CT molecular complexity index is 1180. The van der Waals surface area contributed by atoms with Gasteiger partial charge in [0.25, 0.3) is 0 Å². The minimum absolute atomic E-state index is 0.0665. The van der Waals surface area contributed by atoms with Crippen molar-refractivity contribution in [3.05, 3.63) is 51.0 Å². The fraction of sp³-hybridized carbons (Fsp3) is 0.435. The van der Waals surface area contributed by atoms with Gasteiger partial charge in [-0.1, -0.05) is 39.3 Å². The lowest BCUT2D eigenvalue weighted by atomic mass is 10.1. The summed E-state index contributed by atoms with van der Waals surface area (Å²) in [5.41, 5.74) is 9.85. The molecular formula is C23H31ClN6O. The number of halogens is 1. The number of hydrogen-bond donors (Lipinski definition) is 2. The van der Waals surface area contributed by atoms with Crippen molar-refractivity contribution in [1.29, 1.82) is 5.41 Å². The molecule has 0 aliphatic carbocycles. The fourth-order valence-electron chi connectivity index (χ4n) is 4.29. The van der Waals surface area contributed by atoms with Gasteiger partial charge in [0.05, 0.1) is 16.4 Å². The average Bonchev–Trinajstić information content (AvgIpc) is 3.03. The third-order valence-corrected chi connectivity index (χ3v) is 6.05. The Morgan fingerprint density at radius 3 is 2.45 bits per heavy atom. The molecule has 4 rings (SSSR count). The van der Waals surface area contributed by atoms with E-state index in [1.54, 1.807) is 27.3 Å². The molecule has 0 saturated heterocycles. The molecule has 3 aromatic rings. The highest BCUT2D eigenvalue weighted by molar-refractivity contribution is 6.32. The van der Waals surface area contributed by atoms with Crippen molar-refractivity contribution in [1.82, 2.24) is 14.1 Å². The number of anilines is 1. The van der Waals surface area contributed by atoms with E-state index in [1.807, 2.05) is 20.8 Å². The summed E-state index contributed by atoms with van der Waals surface area (Å²) in [6.07, 6.45) is 2.09. The minimum Gasteiger partial charge on any atom is -0.384 e. The van der Waals surface area contributed by atoms with E-state index in [4.69, 9.17) is 27.7 Å². The molecule has 166 valence electrons. The van der Waals surface area contributed by atoms with Crippen LogP contribution in [0.25, 0.3) is 16.9 Å². The SMILES string of the molecule is CC.CCC(CC)N1CCn2c(=O)n(-c3ccc(C(=N)N)cc3Cl)c3nc(C)cc1c32. The van der Waals surface area contributed by atoms with E-state index in [0.29, 0.717) is 34.5 Å². The van der Waals surface area contributed by atoms with Crippen molar-refractivity contribution in [3.63, 3.8) is 0 Å². The van der Waals surface area contributed by atoms with Gasteiger partial charge in [0.2, 0.25) is 0 Å². The highest BCUT2D eigenvalue weighted by atomic mass is 35.5. The van der Waals surface area contributed by atoms with Crippen LogP contribution in [0.5, 0.6) is 0 Å². The first-order valence-corrected chi connectivity index (χ1v) is 11.3. The molecule has 0 amide bonds. The van der Waals surface area contributed by atoms with Gasteiger partial charge in [0, 0.05) is 30.4 Å². The predicted octanol–water partition coefficient (Wildman–Crippen LogP) is 4.47. The van der Waals surface area contributed by atoms with E-state index < -0.39 is 0 Å². The summed E-state index contributed by atoms with van der Waals surface area (Å²) in [6.45, 7) is 11.7. The second-order valence-electron chi connectivity index (χ2n) is 7.47. The van der Waals surface area contributed by atoms with Crippen LogP contribution in [0, 0.1) is 12.3 Å². The highest BCUT2D eigenvalue weighted by Crippen LogP contribution is 2.34. The predicted molar refractivity (Wildman–Crippen MR) is 129 cm³/mol. The van der Waals surface area contributed by atoms with E-state index in [9.17, 15) is 4.79 Å². The third-order valence-electron chi connectivity index (χ3n) is 5.74. The molecule has 1 aromatic carbocycles. The Hall–Kier alpha value is -2.80. The maximum atomic E-state index is 13.3. The van der Waals surface area contributed by atoms with E-state index in [0.717, 1.165) is 36.3 Å². The van der Waals surface area contributed by atoms with Gasteiger partial charge in [0.15, 0.2) is 5.65 Å². The van der Waals surface area contributed by atoms with Crippen molar-refractivity contribution in [2.45, 2.75) is 60.0 Å². The number of benzene rings is 1. The molecule has 7 nitrogen and oxygen atoms in total. The molecule has 8 heteroatoms. The summed E-state index contributed by atoms with van der Waals surface area (Å²) in [4.78, 5) is 20.5. The topological polar surface area (TPSA) is 92.9 Å². The number of rotatable bonds is 5. The second kappa shape index (κ2) is 9.14. The number of nitrogen functional groups attached to an aromatic ring is 1. The van der Waals surface area contributed by atoms with Crippen molar-refractivity contribution < 1.29 is 0 Å². The number of aromatic nitrogens is 3. The first-order valence-electron chi connectivity index (χ1n) is 10.9. The van der Waals surface area contributed by atoms with Crippen LogP contribution in [-0.4, -0.2) is 32.5 Å². The largest absolute Gasteiger partial charge is 0.384 e. The van der Waals surface area contributed by atoms with E-state index in [-0.39, 0.29) is 11.5 Å². The number of pyridine rings is 1. The number of hydrogen-bond acceptors (Lipinski definition) is 4. The number of nitrogens with two attached hydrogens (primary N) is 1. The van der Waals surface area contributed by atoms with E-state index in [1.165, 1.54) is 0 Å². The summed E-state index contributed by atoms with van der Waals surface area (Å²) in [7, 11) is 0. The Labute approximate surface area is 188 Å². The molecule has 31 heavy (non-hydrogen) atoms. The fourth-order valence-corrected chi connectivity index (χ4v) is 4.56. The van der Waals surface area contributed by atoms with Crippen LogP contribution < -0.4 is 16.3 Å². The molecule has 0 radical (unpaired) electrons. The van der Waals surface area contributed by atoms with E-state index in [2.05, 4.69) is 24.8 Å². The summed E-state index contributed by atoms with van der Waals surface area (Å²) in [5, 5.41) is 7.97. The Balaban J connectivity index is 0.00000132. The standard InChI is InChI=1S/C21H25ClN6O.C2H6/c1-4-14(5-2)26-8-9-27-18-17(26)10-12(3)25-20(18)28(21(27)29)16-7-6-13(19(23)24)11-15(16)22;1-2/h6-7,10-11,14H,4-5,8-9H2,1-3H3,(H3,23,24);1-2H3. The van der Waals surface area contributed by atoms with Gasteiger partial charge in [0.1, 0.15) is 11.4 Å². The van der Waals surface area contributed by atoms with Crippen LogP contribution >= 0.6 is 11.6 Å². The molecule has 0 saturated carbocycles. The quantitative estimate of drug-likeness (QED) is 0.450. The normalized spacial score (nSPS) is 12.8. The maximum absolute atomic E-state index is 13.3. The molecule has 1 aliphatic heterocycles. The third kappa shape index (κ3) is 3.83. The molecule has 0 unspecified atom stereocenters. The number of nitrogens with zero attached hydrogens (tertiary/aromatic N) is 4. The first-order chi connectivity index (χ1) is 14.9. The summed E-state index contributed by atoms with van der Waals surface area (Å²) in [6, 6.07) is 7.53. The Kier molecular flexibility index (Phi) is 6.74.